The van der Waals surface area contributed by atoms with Gasteiger partial charge in [0.1, 0.15) is 18.1 Å². The standard InChI is InChI=1S/C25H27FN2O4S/c1-4-24(19-7-13-22(32-3)14-8-19)27-25(29)17-28(21-11-5-18(2)6-12-21)33(30,31)23-15-9-20(26)10-16-23/h5-16,24H,4,17H2,1-3H3,(H,27,29)/t24-/m0/s1. The second kappa shape index (κ2) is 10.5. The van der Waals surface area contributed by atoms with E-state index in [4.69, 9.17) is 4.74 Å². The zero-order valence-corrected chi connectivity index (χ0v) is 19.6. The van der Waals surface area contributed by atoms with Crippen molar-refractivity contribution in [2.45, 2.75) is 31.2 Å². The lowest BCUT2D eigenvalue weighted by molar-refractivity contribution is -0.120. The van der Waals surface area contributed by atoms with Gasteiger partial charge >= 0.3 is 0 Å². The molecule has 0 radical (unpaired) electrons. The highest BCUT2D eigenvalue weighted by molar-refractivity contribution is 7.92. The van der Waals surface area contributed by atoms with Gasteiger partial charge in [0, 0.05) is 0 Å². The first-order chi connectivity index (χ1) is 15.7. The zero-order chi connectivity index (χ0) is 24.0. The number of hydrogen-bond acceptors (Lipinski definition) is 4. The number of amides is 1. The molecule has 3 aromatic rings. The Morgan fingerprint density at radius 1 is 1.00 bits per heavy atom. The number of halogens is 1. The molecule has 0 saturated heterocycles. The molecule has 1 atom stereocenters. The number of benzene rings is 3. The monoisotopic (exact) mass is 470 g/mol. The van der Waals surface area contributed by atoms with Crippen LogP contribution in [0.5, 0.6) is 5.75 Å². The Morgan fingerprint density at radius 2 is 1.61 bits per heavy atom. The average molecular weight is 471 g/mol. The van der Waals surface area contributed by atoms with Crippen LogP contribution in [0.2, 0.25) is 0 Å². The van der Waals surface area contributed by atoms with Crippen molar-refractivity contribution in [3.05, 3.63) is 89.7 Å². The maximum atomic E-state index is 13.4. The summed E-state index contributed by atoms with van der Waals surface area (Å²) in [4.78, 5) is 12.9. The maximum Gasteiger partial charge on any atom is 0.264 e. The van der Waals surface area contributed by atoms with Gasteiger partial charge in [0.05, 0.1) is 23.7 Å². The van der Waals surface area contributed by atoms with E-state index >= 15 is 0 Å². The summed E-state index contributed by atoms with van der Waals surface area (Å²) in [6.07, 6.45) is 0.618. The van der Waals surface area contributed by atoms with Crippen molar-refractivity contribution in [2.24, 2.45) is 0 Å². The number of hydrogen-bond donors (Lipinski definition) is 1. The minimum Gasteiger partial charge on any atom is -0.497 e. The number of ether oxygens (including phenoxy) is 1. The summed E-state index contributed by atoms with van der Waals surface area (Å²) in [5.74, 6) is -0.293. The van der Waals surface area contributed by atoms with E-state index in [9.17, 15) is 17.6 Å². The van der Waals surface area contributed by atoms with Gasteiger partial charge in [-0.25, -0.2) is 12.8 Å². The lowest BCUT2D eigenvalue weighted by Gasteiger charge is -2.26. The highest BCUT2D eigenvalue weighted by Gasteiger charge is 2.28. The quantitative estimate of drug-likeness (QED) is 0.496. The molecule has 174 valence electrons. The third-order valence-electron chi connectivity index (χ3n) is 5.27. The largest absolute Gasteiger partial charge is 0.497 e. The third kappa shape index (κ3) is 5.90. The lowest BCUT2D eigenvalue weighted by atomic mass is 10.0. The van der Waals surface area contributed by atoms with E-state index in [1.807, 2.05) is 38.1 Å². The van der Waals surface area contributed by atoms with Crippen LogP contribution in [0.3, 0.4) is 0 Å². The Balaban J connectivity index is 1.88. The molecule has 0 saturated carbocycles. The Hall–Kier alpha value is -3.39. The van der Waals surface area contributed by atoms with Crippen LogP contribution in [-0.4, -0.2) is 28.0 Å². The average Bonchev–Trinajstić information content (AvgIpc) is 2.82. The number of rotatable bonds is 9. The van der Waals surface area contributed by atoms with Crippen molar-refractivity contribution in [1.29, 1.82) is 0 Å². The molecule has 3 rings (SSSR count). The van der Waals surface area contributed by atoms with Gasteiger partial charge in [-0.1, -0.05) is 36.8 Å². The fourth-order valence-corrected chi connectivity index (χ4v) is 4.81. The number of sulfonamides is 1. The molecule has 3 aromatic carbocycles. The minimum absolute atomic E-state index is 0.0977. The SMILES string of the molecule is CC[C@H](NC(=O)CN(c1ccc(C)cc1)S(=O)(=O)c1ccc(F)cc1)c1ccc(OC)cc1. The molecule has 0 aliphatic rings. The van der Waals surface area contributed by atoms with E-state index in [1.54, 1.807) is 31.4 Å². The first kappa shape index (κ1) is 24.3. The predicted octanol–water partition coefficient (Wildman–Crippen LogP) is 4.61. The van der Waals surface area contributed by atoms with E-state index in [2.05, 4.69) is 5.32 Å². The van der Waals surface area contributed by atoms with E-state index in [1.165, 1.54) is 12.1 Å². The highest BCUT2D eigenvalue weighted by atomic mass is 32.2. The van der Waals surface area contributed by atoms with Crippen LogP contribution in [0.4, 0.5) is 10.1 Å². The van der Waals surface area contributed by atoms with Gasteiger partial charge < -0.3 is 10.1 Å². The third-order valence-corrected chi connectivity index (χ3v) is 7.06. The molecule has 0 aliphatic carbocycles. The summed E-state index contributed by atoms with van der Waals surface area (Å²) in [6, 6.07) is 18.4. The molecule has 0 unspecified atom stereocenters. The Kier molecular flexibility index (Phi) is 7.71. The van der Waals surface area contributed by atoms with Gasteiger partial charge in [-0.15, -0.1) is 0 Å². The van der Waals surface area contributed by atoms with Crippen LogP contribution in [0, 0.1) is 12.7 Å². The molecule has 0 aliphatic heterocycles. The predicted molar refractivity (Wildman–Crippen MR) is 126 cm³/mol. The summed E-state index contributed by atoms with van der Waals surface area (Å²) in [6.45, 7) is 3.40. The number of nitrogens with zero attached hydrogens (tertiary/aromatic N) is 1. The van der Waals surface area contributed by atoms with Crippen molar-refractivity contribution in [3.63, 3.8) is 0 Å². The van der Waals surface area contributed by atoms with Crippen molar-refractivity contribution < 1.29 is 22.3 Å². The summed E-state index contributed by atoms with van der Waals surface area (Å²) in [5, 5.41) is 2.92. The number of anilines is 1. The van der Waals surface area contributed by atoms with Crippen LogP contribution in [-0.2, 0) is 14.8 Å². The number of methoxy groups -OCH3 is 1. The van der Waals surface area contributed by atoms with Gasteiger partial charge in [0.2, 0.25) is 5.91 Å². The fourth-order valence-electron chi connectivity index (χ4n) is 3.39. The zero-order valence-electron chi connectivity index (χ0n) is 18.8. The van der Waals surface area contributed by atoms with Gasteiger partial charge in [-0.2, -0.15) is 0 Å². The van der Waals surface area contributed by atoms with E-state index in [0.29, 0.717) is 17.9 Å². The maximum absolute atomic E-state index is 13.4. The van der Waals surface area contributed by atoms with Gasteiger partial charge in [0.25, 0.3) is 10.0 Å². The number of aryl methyl sites for hydroxylation is 1. The van der Waals surface area contributed by atoms with E-state index in [0.717, 1.165) is 27.6 Å². The second-order valence-corrected chi connectivity index (χ2v) is 9.46. The van der Waals surface area contributed by atoms with Crippen LogP contribution in [0.1, 0.15) is 30.5 Å². The van der Waals surface area contributed by atoms with Crippen LogP contribution in [0.25, 0.3) is 0 Å². The Morgan fingerprint density at radius 3 is 2.15 bits per heavy atom. The first-order valence-electron chi connectivity index (χ1n) is 10.5. The Labute approximate surface area is 194 Å². The van der Waals surface area contributed by atoms with Crippen LogP contribution in [0.15, 0.2) is 77.7 Å². The van der Waals surface area contributed by atoms with Crippen LogP contribution >= 0.6 is 0 Å². The molecule has 0 spiro atoms. The van der Waals surface area contributed by atoms with Gasteiger partial charge in [-0.05, 0) is 67.4 Å². The molecule has 0 fully saturated rings. The number of carbonyl (C=O) groups excluding carboxylic acids is 1. The highest BCUT2D eigenvalue weighted by Crippen LogP contribution is 2.25. The normalized spacial score (nSPS) is 12.1. The van der Waals surface area contributed by atoms with Gasteiger partial charge in [-0.3, -0.25) is 9.10 Å². The summed E-state index contributed by atoms with van der Waals surface area (Å²) in [7, 11) is -2.53. The van der Waals surface area contributed by atoms with E-state index < -0.39 is 28.3 Å². The summed E-state index contributed by atoms with van der Waals surface area (Å²) < 4.78 is 46.3. The van der Waals surface area contributed by atoms with Crippen molar-refractivity contribution in [1.82, 2.24) is 5.32 Å². The molecular formula is C25H27FN2O4S. The molecule has 6 nitrogen and oxygen atoms in total. The van der Waals surface area contributed by atoms with E-state index in [-0.39, 0.29) is 10.9 Å². The molecule has 0 aromatic heterocycles. The Bertz CT molecular complexity index is 1180. The summed E-state index contributed by atoms with van der Waals surface area (Å²) in [5.41, 5.74) is 2.18. The van der Waals surface area contributed by atoms with Crippen molar-refractivity contribution >= 4 is 21.6 Å². The topological polar surface area (TPSA) is 75.7 Å². The number of nitrogens with one attached hydrogen (secondary N) is 1. The molecule has 0 bridgehead atoms. The molecule has 1 amide bonds. The summed E-state index contributed by atoms with van der Waals surface area (Å²) >= 11 is 0. The van der Waals surface area contributed by atoms with Crippen molar-refractivity contribution in [2.75, 3.05) is 18.0 Å². The molecular weight excluding hydrogens is 443 g/mol. The van der Waals surface area contributed by atoms with Crippen molar-refractivity contribution in [3.8, 4) is 5.75 Å². The minimum atomic E-state index is -4.11. The molecule has 33 heavy (non-hydrogen) atoms. The second-order valence-electron chi connectivity index (χ2n) is 7.60. The smallest absolute Gasteiger partial charge is 0.264 e. The molecule has 8 heteroatoms. The molecule has 1 N–H and O–H groups in total. The molecule has 0 heterocycles. The lowest BCUT2D eigenvalue weighted by Crippen LogP contribution is -2.42. The van der Waals surface area contributed by atoms with Gasteiger partial charge in [0.15, 0.2) is 0 Å². The first-order valence-corrected chi connectivity index (χ1v) is 12.0. The fraction of sp³-hybridized carbons (Fsp3) is 0.240. The van der Waals surface area contributed by atoms with Crippen LogP contribution < -0.4 is 14.4 Å². The number of carbonyl (C=O) groups is 1.